The molecule has 2 heterocycles. The van der Waals surface area contributed by atoms with E-state index in [2.05, 4.69) is 10.6 Å². The average Bonchev–Trinajstić information content (AvgIpc) is 3.28. The van der Waals surface area contributed by atoms with Gasteiger partial charge in [-0.1, -0.05) is 6.07 Å². The van der Waals surface area contributed by atoms with Crippen molar-refractivity contribution in [1.82, 2.24) is 4.31 Å². The molecular formula is C22H29N3O6S2. The number of carbonyl (C=O) groups excluding carboxylic acids is 2. The predicted molar refractivity (Wildman–Crippen MR) is 127 cm³/mol. The number of sulfonamides is 1. The zero-order valence-electron chi connectivity index (χ0n) is 19.1. The number of benzene rings is 1. The second-order valence-electron chi connectivity index (χ2n) is 8.64. The van der Waals surface area contributed by atoms with Crippen molar-refractivity contribution in [1.29, 1.82) is 0 Å². The van der Waals surface area contributed by atoms with Crippen LogP contribution in [0, 0.1) is 5.92 Å². The van der Waals surface area contributed by atoms with Crippen LogP contribution in [0.2, 0.25) is 0 Å². The van der Waals surface area contributed by atoms with E-state index in [1.54, 1.807) is 56.5 Å². The van der Waals surface area contributed by atoms with Crippen molar-refractivity contribution in [2.75, 3.05) is 30.8 Å². The van der Waals surface area contributed by atoms with Crippen molar-refractivity contribution in [3.63, 3.8) is 0 Å². The second-order valence-corrected chi connectivity index (χ2v) is 11.8. The lowest BCUT2D eigenvalue weighted by Crippen LogP contribution is -2.41. The van der Waals surface area contributed by atoms with E-state index in [9.17, 15) is 18.0 Å². The van der Waals surface area contributed by atoms with Gasteiger partial charge in [0.2, 0.25) is 5.91 Å². The molecule has 2 amide bonds. The molecule has 2 aromatic rings. The fourth-order valence-electron chi connectivity index (χ4n) is 3.44. The largest absolute Gasteiger partial charge is 0.495 e. The molecule has 0 saturated carbocycles. The molecule has 3 rings (SSSR count). The Morgan fingerprint density at radius 3 is 2.39 bits per heavy atom. The summed E-state index contributed by atoms with van der Waals surface area (Å²) in [5.41, 5.74) is 0.191. The van der Waals surface area contributed by atoms with Crippen molar-refractivity contribution in [3.8, 4) is 5.75 Å². The number of carbonyl (C=O) groups is 2. The summed E-state index contributed by atoms with van der Waals surface area (Å²) in [6, 6.07) is 8.20. The van der Waals surface area contributed by atoms with Gasteiger partial charge in [0.05, 0.1) is 12.8 Å². The Morgan fingerprint density at radius 1 is 1.12 bits per heavy atom. The highest BCUT2D eigenvalue weighted by Crippen LogP contribution is 2.30. The minimum absolute atomic E-state index is 0.198. The topological polar surface area (TPSA) is 114 Å². The lowest BCUT2D eigenvalue weighted by atomic mass is 9.97. The van der Waals surface area contributed by atoms with E-state index in [0.717, 1.165) is 0 Å². The van der Waals surface area contributed by atoms with Crippen molar-refractivity contribution in [2.24, 2.45) is 5.92 Å². The summed E-state index contributed by atoms with van der Waals surface area (Å²) in [5, 5.41) is 7.22. The summed E-state index contributed by atoms with van der Waals surface area (Å²) in [6.07, 6.45) is 0.217. The minimum Gasteiger partial charge on any atom is -0.495 e. The number of amides is 2. The number of hydrogen-bond donors (Lipinski definition) is 2. The number of ether oxygens (including phenoxy) is 2. The molecule has 0 aliphatic carbocycles. The Kier molecular flexibility index (Phi) is 7.65. The van der Waals surface area contributed by atoms with E-state index in [4.69, 9.17) is 9.47 Å². The van der Waals surface area contributed by atoms with Crippen LogP contribution in [0.5, 0.6) is 5.75 Å². The van der Waals surface area contributed by atoms with Gasteiger partial charge in [0, 0.05) is 24.7 Å². The van der Waals surface area contributed by atoms with E-state index in [-0.39, 0.29) is 24.9 Å². The highest BCUT2D eigenvalue weighted by Gasteiger charge is 2.32. The van der Waals surface area contributed by atoms with Crippen molar-refractivity contribution >= 4 is 44.7 Å². The third kappa shape index (κ3) is 6.46. The van der Waals surface area contributed by atoms with Crippen LogP contribution in [0.1, 0.15) is 33.6 Å². The molecule has 2 N–H and O–H groups in total. The van der Waals surface area contributed by atoms with Crippen molar-refractivity contribution in [2.45, 2.75) is 43.4 Å². The normalized spacial score (nSPS) is 15.6. The maximum absolute atomic E-state index is 12.8. The van der Waals surface area contributed by atoms with Gasteiger partial charge in [0.25, 0.3) is 10.0 Å². The molecule has 0 atom stereocenters. The second kappa shape index (κ2) is 10.1. The number of methoxy groups -OCH3 is 1. The van der Waals surface area contributed by atoms with Gasteiger partial charge in [-0.05, 0) is 63.3 Å². The Labute approximate surface area is 198 Å². The van der Waals surface area contributed by atoms with Crippen LogP contribution in [0.15, 0.2) is 39.9 Å². The molecule has 33 heavy (non-hydrogen) atoms. The summed E-state index contributed by atoms with van der Waals surface area (Å²) in [6.45, 7) is 5.85. The van der Waals surface area contributed by atoms with Crippen LogP contribution < -0.4 is 15.4 Å². The third-order valence-corrected chi connectivity index (χ3v) is 8.29. The average molecular weight is 496 g/mol. The smallest absolute Gasteiger partial charge is 0.412 e. The Hall–Kier alpha value is -2.63. The van der Waals surface area contributed by atoms with Gasteiger partial charge in [-0.15, -0.1) is 11.3 Å². The monoisotopic (exact) mass is 495 g/mol. The maximum Gasteiger partial charge on any atom is 0.412 e. The first-order chi connectivity index (χ1) is 15.5. The molecule has 9 nitrogen and oxygen atoms in total. The standard InChI is InChI=1S/C22H29N3O6S2/c1-22(2,3)31-21(27)24-17-14-16(7-8-18(17)30-4)23-20(26)15-9-11-25(12-10-15)33(28,29)19-6-5-13-32-19/h5-8,13-15H,9-12H2,1-4H3,(H,23,26)(H,24,27). The molecule has 1 aromatic carbocycles. The summed E-state index contributed by atoms with van der Waals surface area (Å²) in [7, 11) is -2.03. The van der Waals surface area contributed by atoms with E-state index in [0.29, 0.717) is 34.2 Å². The molecule has 0 radical (unpaired) electrons. The van der Waals surface area contributed by atoms with E-state index < -0.39 is 21.7 Å². The third-order valence-electron chi connectivity index (χ3n) is 5.02. The number of nitrogens with one attached hydrogen (secondary N) is 2. The number of hydrogen-bond acceptors (Lipinski definition) is 7. The van der Waals surface area contributed by atoms with Crippen LogP contribution in [-0.4, -0.2) is 50.5 Å². The molecule has 1 fully saturated rings. The zero-order chi connectivity index (χ0) is 24.2. The van der Waals surface area contributed by atoms with Gasteiger partial charge >= 0.3 is 6.09 Å². The number of nitrogens with zero attached hydrogens (tertiary/aromatic N) is 1. The van der Waals surface area contributed by atoms with Gasteiger partial charge in [-0.25, -0.2) is 13.2 Å². The van der Waals surface area contributed by atoms with Gasteiger partial charge < -0.3 is 14.8 Å². The Bertz CT molecular complexity index is 1090. The van der Waals surface area contributed by atoms with Crippen LogP contribution >= 0.6 is 11.3 Å². The number of anilines is 2. The fourth-order valence-corrected chi connectivity index (χ4v) is 6.05. The molecule has 1 aromatic heterocycles. The van der Waals surface area contributed by atoms with Crippen LogP contribution in [0.4, 0.5) is 16.2 Å². The zero-order valence-corrected chi connectivity index (χ0v) is 20.7. The molecule has 1 aliphatic rings. The summed E-state index contributed by atoms with van der Waals surface area (Å²) in [5.74, 6) is -0.0911. The quantitative estimate of drug-likeness (QED) is 0.623. The summed E-state index contributed by atoms with van der Waals surface area (Å²) >= 11 is 1.19. The highest BCUT2D eigenvalue weighted by molar-refractivity contribution is 7.91. The Morgan fingerprint density at radius 2 is 1.82 bits per heavy atom. The highest BCUT2D eigenvalue weighted by atomic mass is 32.2. The van der Waals surface area contributed by atoms with E-state index in [1.807, 2.05) is 0 Å². The molecule has 1 aliphatic heterocycles. The van der Waals surface area contributed by atoms with E-state index >= 15 is 0 Å². The van der Waals surface area contributed by atoms with Crippen molar-refractivity contribution < 1.29 is 27.5 Å². The SMILES string of the molecule is COc1ccc(NC(=O)C2CCN(S(=O)(=O)c3cccs3)CC2)cc1NC(=O)OC(C)(C)C. The maximum atomic E-state index is 12.8. The first-order valence-electron chi connectivity index (χ1n) is 10.5. The molecule has 0 bridgehead atoms. The fraction of sp³-hybridized carbons (Fsp3) is 0.455. The summed E-state index contributed by atoms with van der Waals surface area (Å²) in [4.78, 5) is 25.0. The first kappa shape index (κ1) is 25.0. The molecule has 11 heteroatoms. The van der Waals surface area contributed by atoms with E-state index in [1.165, 1.54) is 22.8 Å². The molecular weight excluding hydrogens is 466 g/mol. The number of rotatable bonds is 6. The van der Waals surface area contributed by atoms with Crippen LogP contribution in [0.3, 0.4) is 0 Å². The van der Waals surface area contributed by atoms with Crippen LogP contribution in [-0.2, 0) is 19.6 Å². The molecule has 180 valence electrons. The van der Waals surface area contributed by atoms with Crippen molar-refractivity contribution in [3.05, 3.63) is 35.7 Å². The minimum atomic E-state index is -3.51. The lowest BCUT2D eigenvalue weighted by molar-refractivity contribution is -0.120. The van der Waals surface area contributed by atoms with Crippen LogP contribution in [0.25, 0.3) is 0 Å². The van der Waals surface area contributed by atoms with Gasteiger partial charge in [0.15, 0.2) is 0 Å². The van der Waals surface area contributed by atoms with Gasteiger partial charge in [0.1, 0.15) is 15.6 Å². The molecule has 0 spiro atoms. The Balaban J connectivity index is 1.62. The number of thiophene rings is 1. The molecule has 1 saturated heterocycles. The lowest BCUT2D eigenvalue weighted by Gasteiger charge is -2.30. The molecule has 0 unspecified atom stereocenters. The van der Waals surface area contributed by atoms with Gasteiger partial charge in [-0.2, -0.15) is 4.31 Å². The number of piperidine rings is 1. The predicted octanol–water partition coefficient (Wildman–Crippen LogP) is 4.14. The summed E-state index contributed by atoms with van der Waals surface area (Å²) < 4.78 is 37.6. The first-order valence-corrected chi connectivity index (χ1v) is 12.8. The van der Waals surface area contributed by atoms with Gasteiger partial charge in [-0.3, -0.25) is 10.1 Å².